The van der Waals surface area contributed by atoms with Gasteiger partial charge in [-0.2, -0.15) is 4.57 Å². The normalized spacial score (nSPS) is 11.5. The molecule has 6 nitrogen and oxygen atoms in total. The van der Waals surface area contributed by atoms with Gasteiger partial charge in [0, 0.05) is 60.4 Å². The predicted octanol–water partition coefficient (Wildman–Crippen LogP) is 3.07. The molecule has 0 bridgehead atoms. The number of hydrogen-bond donors (Lipinski definition) is 1. The van der Waals surface area contributed by atoms with Crippen molar-refractivity contribution in [3.63, 3.8) is 0 Å². The van der Waals surface area contributed by atoms with Crippen LogP contribution in [0.1, 0.15) is 45.4 Å². The molecule has 0 amide bonds. The maximum Gasteiger partial charge on any atom is 0.343 e. The molecule has 0 saturated heterocycles. The van der Waals surface area contributed by atoms with Crippen LogP contribution in [0.25, 0.3) is 34.0 Å². The first kappa shape index (κ1) is 31.5. The molecule has 4 rings (SSSR count). The van der Waals surface area contributed by atoms with E-state index >= 15 is 0 Å². The van der Waals surface area contributed by atoms with Crippen molar-refractivity contribution in [1.82, 2.24) is 4.90 Å². The van der Waals surface area contributed by atoms with Crippen LogP contribution in [-0.4, -0.2) is 44.2 Å². The molecule has 1 N–H and O–H groups in total. The Hall–Kier alpha value is -2.98. The highest BCUT2D eigenvalue weighted by Crippen LogP contribution is 2.24. The van der Waals surface area contributed by atoms with E-state index in [2.05, 4.69) is 48.9 Å². The predicted molar refractivity (Wildman–Crippen MR) is 161 cm³/mol. The van der Waals surface area contributed by atoms with Crippen molar-refractivity contribution in [2.75, 3.05) is 49.5 Å². The molecule has 2 aromatic carbocycles. The van der Waals surface area contributed by atoms with E-state index in [-0.39, 0.29) is 35.4 Å². The lowest BCUT2D eigenvalue weighted by Crippen LogP contribution is -3.00. The Bertz CT molecular complexity index is 1530. The number of anilines is 2. The third kappa shape index (κ3) is 7.20. The molecule has 0 aliphatic heterocycles. The summed E-state index contributed by atoms with van der Waals surface area (Å²) in [6.07, 6.45) is 4.61. The van der Waals surface area contributed by atoms with Crippen molar-refractivity contribution >= 4 is 45.4 Å². The summed E-state index contributed by atoms with van der Waals surface area (Å²) in [6.45, 7) is 14.0. The second kappa shape index (κ2) is 14.6. The maximum atomic E-state index is 14.8. The van der Waals surface area contributed by atoms with Crippen LogP contribution in [0, 0.1) is 5.82 Å². The minimum atomic E-state index is -0.378. The van der Waals surface area contributed by atoms with Gasteiger partial charge in [0.25, 0.3) is 0 Å². The molecule has 0 saturated carbocycles. The van der Waals surface area contributed by atoms with Gasteiger partial charge in [-0.3, -0.25) is 0 Å². The van der Waals surface area contributed by atoms with Crippen LogP contribution in [0.3, 0.4) is 0 Å². The maximum absolute atomic E-state index is 14.8. The molecule has 214 valence electrons. The summed E-state index contributed by atoms with van der Waals surface area (Å²) in [6, 6.07) is 15.1. The Morgan fingerprint density at radius 2 is 1.65 bits per heavy atom. The molecule has 8 heteroatoms. The van der Waals surface area contributed by atoms with Gasteiger partial charge in [-0.05, 0) is 76.3 Å². The first-order chi connectivity index (χ1) is 18.9. The second-order valence-electron chi connectivity index (χ2n) is 9.73. The monoisotopic (exact) mass is 658 g/mol. The smallest absolute Gasteiger partial charge is 0.343 e. The number of aromatic nitrogens is 1. The minimum Gasteiger partial charge on any atom is -1.00 e. The van der Waals surface area contributed by atoms with Gasteiger partial charge >= 0.3 is 5.63 Å². The largest absolute Gasteiger partial charge is 1.00 e. The van der Waals surface area contributed by atoms with Crippen LogP contribution in [0.15, 0.2) is 57.7 Å². The molecule has 0 aliphatic rings. The lowest BCUT2D eigenvalue weighted by atomic mass is 10.1. The van der Waals surface area contributed by atoms with Crippen LogP contribution in [0.2, 0.25) is 0 Å². The first-order valence-electron chi connectivity index (χ1n) is 14.0. The van der Waals surface area contributed by atoms with Crippen molar-refractivity contribution < 1.29 is 37.4 Å². The second-order valence-corrected chi connectivity index (χ2v) is 9.73. The van der Waals surface area contributed by atoms with E-state index in [0.717, 1.165) is 66.8 Å². The van der Waals surface area contributed by atoms with Crippen LogP contribution >= 0.6 is 0 Å². The van der Waals surface area contributed by atoms with Crippen molar-refractivity contribution in [2.24, 2.45) is 7.05 Å². The molecule has 0 fully saturated rings. The van der Waals surface area contributed by atoms with Crippen molar-refractivity contribution in [1.29, 1.82) is 0 Å². The highest BCUT2D eigenvalue weighted by Gasteiger charge is 2.15. The zero-order chi connectivity index (χ0) is 27.9. The van der Waals surface area contributed by atoms with E-state index in [0.29, 0.717) is 23.4 Å². The Balaban J connectivity index is 0.00000441. The molecular weight excluding hydrogens is 618 g/mol. The standard InChI is InChI=1S/C32H39FN4O2.HI/c1-6-36(7-2)18-10-17-34-29-22-30-23(20-28(29)33)11-14-26(35(30)5)15-13-25-19-24-12-16-27(37(8-3)9-4)21-31(24)39-32(25)38;/h11-16,19-22H,6-10,17-18H2,1-5H3;1H/b15-13+;. The van der Waals surface area contributed by atoms with Gasteiger partial charge in [0.05, 0.1) is 11.3 Å². The van der Waals surface area contributed by atoms with E-state index in [1.807, 2.05) is 54.1 Å². The Kier molecular flexibility index (Phi) is 11.5. The fourth-order valence-electron chi connectivity index (χ4n) is 4.99. The van der Waals surface area contributed by atoms with Crippen LogP contribution in [-0.2, 0) is 7.05 Å². The van der Waals surface area contributed by atoms with Gasteiger partial charge in [-0.15, -0.1) is 0 Å². The number of nitrogens with zero attached hydrogens (tertiary/aromatic N) is 3. The number of benzene rings is 2. The lowest BCUT2D eigenvalue weighted by molar-refractivity contribution is -0.646. The summed E-state index contributed by atoms with van der Waals surface area (Å²) < 4.78 is 22.5. The molecule has 0 unspecified atom stereocenters. The van der Waals surface area contributed by atoms with Gasteiger partial charge in [-0.1, -0.05) is 13.8 Å². The molecule has 4 aromatic rings. The summed E-state index contributed by atoms with van der Waals surface area (Å²) in [4.78, 5) is 17.3. The molecule has 0 spiro atoms. The zero-order valence-corrected chi connectivity index (χ0v) is 26.3. The zero-order valence-electron chi connectivity index (χ0n) is 24.1. The summed E-state index contributed by atoms with van der Waals surface area (Å²) in [5.74, 6) is -0.258. The van der Waals surface area contributed by atoms with E-state index in [1.165, 1.54) is 0 Å². The molecule has 2 aromatic heterocycles. The number of halogens is 2. The fourth-order valence-corrected chi connectivity index (χ4v) is 4.99. The summed E-state index contributed by atoms with van der Waals surface area (Å²) in [5, 5.41) is 4.96. The topological polar surface area (TPSA) is 52.6 Å². The molecule has 0 aliphatic carbocycles. The number of hydrogen-bond acceptors (Lipinski definition) is 5. The van der Waals surface area contributed by atoms with Gasteiger partial charge < -0.3 is 43.5 Å². The van der Waals surface area contributed by atoms with Gasteiger partial charge in [0.1, 0.15) is 18.4 Å². The number of nitrogens with one attached hydrogen (secondary N) is 1. The third-order valence-electron chi connectivity index (χ3n) is 7.47. The first-order valence-corrected chi connectivity index (χ1v) is 14.0. The average molecular weight is 659 g/mol. The van der Waals surface area contributed by atoms with Crippen LogP contribution in [0.4, 0.5) is 15.8 Å². The van der Waals surface area contributed by atoms with Gasteiger partial charge in [0.15, 0.2) is 0 Å². The highest BCUT2D eigenvalue weighted by atomic mass is 127. The molecule has 0 atom stereocenters. The fraction of sp³-hybridized carbons (Fsp3) is 0.375. The van der Waals surface area contributed by atoms with E-state index in [4.69, 9.17) is 4.42 Å². The van der Waals surface area contributed by atoms with Crippen molar-refractivity contribution in [2.45, 2.75) is 34.1 Å². The van der Waals surface area contributed by atoms with Crippen molar-refractivity contribution in [3.05, 3.63) is 76.0 Å². The number of pyridine rings is 1. The number of aryl methyl sites for hydroxylation is 1. The molecular formula is C32H40FIN4O2. The number of rotatable bonds is 12. The quantitative estimate of drug-likeness (QED) is 0.110. The van der Waals surface area contributed by atoms with Gasteiger partial charge in [0.2, 0.25) is 11.2 Å². The molecule has 2 heterocycles. The van der Waals surface area contributed by atoms with E-state index < -0.39 is 0 Å². The number of fused-ring (bicyclic) bond motifs is 2. The van der Waals surface area contributed by atoms with Crippen molar-refractivity contribution in [3.8, 4) is 0 Å². The van der Waals surface area contributed by atoms with Crippen LogP contribution < -0.4 is 44.4 Å². The Morgan fingerprint density at radius 3 is 2.35 bits per heavy atom. The summed E-state index contributed by atoms with van der Waals surface area (Å²) in [5.41, 5.74) is 4.01. The SMILES string of the molecule is CCN(CC)CCCNc1cc2c(ccc(/C=C/c3cc4ccc(N(CC)CC)cc4oc3=O)[n+]2C)cc1F.[I-]. The summed E-state index contributed by atoms with van der Waals surface area (Å²) >= 11 is 0. The average Bonchev–Trinajstić information content (AvgIpc) is 2.94. The molecule has 40 heavy (non-hydrogen) atoms. The van der Waals surface area contributed by atoms with Gasteiger partial charge in [-0.25, -0.2) is 9.18 Å². The molecule has 0 radical (unpaired) electrons. The third-order valence-corrected chi connectivity index (χ3v) is 7.47. The van der Waals surface area contributed by atoms with E-state index in [9.17, 15) is 9.18 Å². The lowest BCUT2D eigenvalue weighted by Gasteiger charge is -2.20. The Labute approximate surface area is 253 Å². The summed E-state index contributed by atoms with van der Waals surface area (Å²) in [7, 11) is 1.95. The minimum absolute atomic E-state index is 0. The highest BCUT2D eigenvalue weighted by molar-refractivity contribution is 5.84. The Morgan fingerprint density at radius 1 is 0.925 bits per heavy atom. The van der Waals surface area contributed by atoms with E-state index in [1.54, 1.807) is 12.1 Å². The van der Waals surface area contributed by atoms with Crippen LogP contribution in [0.5, 0.6) is 0 Å².